The van der Waals surface area contributed by atoms with Crippen molar-refractivity contribution in [1.82, 2.24) is 0 Å². The van der Waals surface area contributed by atoms with Crippen LogP contribution >= 0.6 is 0 Å². The van der Waals surface area contributed by atoms with Crippen LogP contribution in [0.5, 0.6) is 5.75 Å². The molecule has 0 N–H and O–H groups in total. The van der Waals surface area contributed by atoms with Gasteiger partial charge in [0.05, 0.1) is 0 Å². The zero-order valence-electron chi connectivity index (χ0n) is 12.5. The summed E-state index contributed by atoms with van der Waals surface area (Å²) in [5.41, 5.74) is 2.55. The van der Waals surface area contributed by atoms with Gasteiger partial charge in [-0.25, -0.2) is 0 Å². The second-order valence-corrected chi connectivity index (χ2v) is 10.6. The number of benzene rings is 1. The van der Waals surface area contributed by atoms with E-state index >= 15 is 0 Å². The molecule has 0 bridgehead atoms. The van der Waals surface area contributed by atoms with E-state index in [1.165, 1.54) is 16.4 Å². The summed E-state index contributed by atoms with van der Waals surface area (Å²) in [5, 5.41) is 9.21. The van der Waals surface area contributed by atoms with Crippen molar-refractivity contribution < 1.29 is 25.9 Å². The van der Waals surface area contributed by atoms with E-state index < -0.39 is 0 Å². The molecular formula is C17H21INO-. The number of alkyl halides is 2. The first-order chi connectivity index (χ1) is 9.33. The van der Waals surface area contributed by atoms with Crippen LogP contribution in [0.4, 0.5) is 0 Å². The molecule has 108 valence electrons. The van der Waals surface area contributed by atoms with Crippen molar-refractivity contribution in [3.63, 3.8) is 0 Å². The van der Waals surface area contributed by atoms with Crippen molar-refractivity contribution in [2.45, 2.75) is 44.1 Å². The van der Waals surface area contributed by atoms with Crippen LogP contribution in [0.1, 0.15) is 49.2 Å². The van der Waals surface area contributed by atoms with Gasteiger partial charge in [0.2, 0.25) is 0 Å². The molecule has 1 saturated heterocycles. The van der Waals surface area contributed by atoms with Gasteiger partial charge in [-0.1, -0.05) is 0 Å². The van der Waals surface area contributed by atoms with Crippen LogP contribution in [0.15, 0.2) is 18.2 Å². The van der Waals surface area contributed by atoms with Gasteiger partial charge in [0.25, 0.3) is 0 Å². The summed E-state index contributed by atoms with van der Waals surface area (Å²) in [5.74, 6) is 0.945. The minimum atomic E-state index is 0.240. The maximum atomic E-state index is 9.21. The van der Waals surface area contributed by atoms with E-state index in [2.05, 4.69) is 39.8 Å². The summed E-state index contributed by atoms with van der Waals surface area (Å²) >= 11 is 0.304. The second-order valence-electron chi connectivity index (χ2n) is 7.29. The van der Waals surface area contributed by atoms with Crippen LogP contribution in [0, 0.1) is 22.2 Å². The first-order valence-electron chi connectivity index (χ1n) is 7.12. The molecule has 3 heteroatoms. The molecular weight excluding hydrogens is 361 g/mol. The average molecular weight is 382 g/mol. The summed E-state index contributed by atoms with van der Waals surface area (Å²) in [4.78, 5) is 0. The Labute approximate surface area is 131 Å². The van der Waals surface area contributed by atoms with Gasteiger partial charge < -0.3 is 0 Å². The number of rotatable bonds is 3. The molecule has 1 heterocycles. The molecule has 3 rings (SSSR count). The molecule has 1 aromatic carbocycles. The third kappa shape index (κ3) is 2.43. The van der Waals surface area contributed by atoms with Crippen molar-refractivity contribution >= 4 is 0 Å². The second kappa shape index (κ2) is 4.62. The number of hydrogen-bond donors (Lipinski definition) is 0. The summed E-state index contributed by atoms with van der Waals surface area (Å²) in [6.45, 7) is 9.11. The van der Waals surface area contributed by atoms with Crippen molar-refractivity contribution in [1.29, 1.82) is 5.26 Å². The predicted molar refractivity (Wildman–Crippen MR) is 75.4 cm³/mol. The summed E-state index contributed by atoms with van der Waals surface area (Å²) in [6, 6.07) is 8.35. The topological polar surface area (TPSA) is 33.0 Å². The molecule has 0 amide bonds. The maximum absolute atomic E-state index is 9.21. The fraction of sp³-hybridized carbons (Fsp3) is 0.588. The standard InChI is InChI=1S/C17H21INO/c1-16(2)10-17(3,4)15(16)20-12-6-5-11(9-19)13(7-12)14-8-18-14/h5-7,14-15H,8,10H2,1-4H3/q-1. The zero-order valence-corrected chi connectivity index (χ0v) is 14.7. The van der Waals surface area contributed by atoms with Crippen molar-refractivity contribution in [2.75, 3.05) is 4.43 Å². The van der Waals surface area contributed by atoms with E-state index in [1.807, 2.05) is 12.1 Å². The molecule has 1 aliphatic carbocycles. The van der Waals surface area contributed by atoms with Crippen LogP contribution in [-0.2, 0) is 0 Å². The number of ether oxygens (including phenoxy) is 1. The first-order valence-corrected chi connectivity index (χ1v) is 9.89. The molecule has 0 aromatic heterocycles. The van der Waals surface area contributed by atoms with Crippen LogP contribution in [-0.4, -0.2) is 10.5 Å². The summed E-state index contributed by atoms with van der Waals surface area (Å²) < 4.78 is 8.31. The Hall–Kier alpha value is -0.760. The van der Waals surface area contributed by atoms with Crippen molar-refractivity contribution in [3.8, 4) is 11.8 Å². The van der Waals surface area contributed by atoms with E-state index in [9.17, 15) is 5.26 Å². The van der Waals surface area contributed by atoms with E-state index in [0.717, 1.165) is 11.3 Å². The SMILES string of the molecule is CC1(C)CC(C)(C)C1Oc1ccc(C#N)c(C2C[I-]2)c1. The molecule has 2 fully saturated rings. The van der Waals surface area contributed by atoms with Crippen molar-refractivity contribution in [2.24, 2.45) is 10.8 Å². The van der Waals surface area contributed by atoms with Crippen LogP contribution in [0.2, 0.25) is 0 Å². The Morgan fingerprint density at radius 1 is 1.25 bits per heavy atom. The molecule has 1 unspecified atom stereocenters. The third-order valence-electron chi connectivity index (χ3n) is 4.37. The number of halogens is 1. The van der Waals surface area contributed by atoms with Crippen LogP contribution in [0.3, 0.4) is 0 Å². The fourth-order valence-corrected chi connectivity index (χ4v) is 5.65. The van der Waals surface area contributed by atoms with Crippen molar-refractivity contribution in [3.05, 3.63) is 29.3 Å². The molecule has 2 aliphatic rings. The monoisotopic (exact) mass is 382 g/mol. The van der Waals surface area contributed by atoms with Gasteiger partial charge in [-0.2, -0.15) is 0 Å². The van der Waals surface area contributed by atoms with Gasteiger partial charge in [-0.15, -0.1) is 0 Å². The molecule has 1 aromatic rings. The normalized spacial score (nSPS) is 26.9. The van der Waals surface area contributed by atoms with Gasteiger partial charge >= 0.3 is 132 Å². The number of nitrogens with zero attached hydrogens (tertiary/aromatic N) is 1. The van der Waals surface area contributed by atoms with E-state index in [1.54, 1.807) is 0 Å². The van der Waals surface area contributed by atoms with E-state index in [-0.39, 0.29) is 16.9 Å². The number of hydrogen-bond acceptors (Lipinski definition) is 2. The zero-order chi connectivity index (χ0) is 14.5. The van der Waals surface area contributed by atoms with Gasteiger partial charge in [0.15, 0.2) is 0 Å². The summed E-state index contributed by atoms with van der Waals surface area (Å²) in [7, 11) is 0. The Morgan fingerprint density at radius 2 is 1.90 bits per heavy atom. The van der Waals surface area contributed by atoms with E-state index in [4.69, 9.17) is 4.74 Å². The Morgan fingerprint density at radius 3 is 2.40 bits per heavy atom. The molecule has 2 nitrogen and oxygen atoms in total. The minimum absolute atomic E-state index is 0.240. The van der Waals surface area contributed by atoms with Crippen LogP contribution in [0.25, 0.3) is 0 Å². The molecule has 0 spiro atoms. The van der Waals surface area contributed by atoms with Gasteiger partial charge in [0, 0.05) is 0 Å². The van der Waals surface area contributed by atoms with E-state index in [0.29, 0.717) is 25.1 Å². The third-order valence-corrected chi connectivity index (χ3v) is 6.81. The van der Waals surface area contributed by atoms with Crippen LogP contribution < -0.4 is 25.9 Å². The molecule has 0 radical (unpaired) electrons. The Bertz CT molecular complexity index is 567. The molecule has 1 saturated carbocycles. The molecule has 20 heavy (non-hydrogen) atoms. The number of nitriles is 1. The average Bonchev–Trinajstić information content (AvgIpc) is 3.18. The predicted octanol–water partition coefficient (Wildman–Crippen LogP) is 0.905. The molecule has 1 atom stereocenters. The summed E-state index contributed by atoms with van der Waals surface area (Å²) in [6.07, 6.45) is 1.45. The fourth-order valence-electron chi connectivity index (χ4n) is 3.93. The quantitative estimate of drug-likeness (QED) is 0.575. The first kappa shape index (κ1) is 14.2. The van der Waals surface area contributed by atoms with Gasteiger partial charge in [0.1, 0.15) is 0 Å². The Kier molecular flexibility index (Phi) is 3.28. The Balaban J connectivity index is 1.85. The van der Waals surface area contributed by atoms with Gasteiger partial charge in [-0.3, -0.25) is 0 Å². The molecule has 1 aliphatic heterocycles. The van der Waals surface area contributed by atoms with Gasteiger partial charge in [-0.05, 0) is 0 Å².